The third kappa shape index (κ3) is 4.52. The van der Waals surface area contributed by atoms with E-state index in [-0.39, 0.29) is 0 Å². The largest absolute Gasteiger partial charge is 0.492 e. The second-order valence-corrected chi connectivity index (χ2v) is 4.43. The first-order chi connectivity index (χ1) is 10.2. The van der Waals surface area contributed by atoms with E-state index in [1.165, 1.54) is 0 Å². The van der Waals surface area contributed by atoms with Gasteiger partial charge in [-0.15, -0.1) is 0 Å². The minimum Gasteiger partial charge on any atom is -0.492 e. The van der Waals surface area contributed by atoms with Crippen molar-refractivity contribution in [2.75, 3.05) is 19.8 Å². The van der Waals surface area contributed by atoms with Crippen LogP contribution in [-0.4, -0.2) is 35.6 Å². The maximum Gasteiger partial charge on any atom is 0.407 e. The third-order valence-electron chi connectivity index (χ3n) is 2.79. The summed E-state index contributed by atoms with van der Waals surface area (Å²) in [4.78, 5) is 11.1. The molecule has 0 aliphatic carbocycles. The smallest absolute Gasteiger partial charge is 0.407 e. The summed E-state index contributed by atoms with van der Waals surface area (Å²) in [7, 11) is 1.88. The Kier molecular flexibility index (Phi) is 5.20. The molecule has 0 atom stereocenters. The van der Waals surface area contributed by atoms with E-state index < -0.39 is 6.09 Å². The number of hydrogen-bond donors (Lipinski definition) is 1. The van der Waals surface area contributed by atoms with Gasteiger partial charge in [0.25, 0.3) is 0 Å². The number of hydrogen-bond acceptors (Lipinski definition) is 4. The van der Waals surface area contributed by atoms with Crippen molar-refractivity contribution >= 4 is 6.09 Å². The highest BCUT2D eigenvalue weighted by Crippen LogP contribution is 2.23. The van der Waals surface area contributed by atoms with Crippen molar-refractivity contribution in [1.82, 2.24) is 15.1 Å². The fourth-order valence-corrected chi connectivity index (χ4v) is 1.84. The second kappa shape index (κ2) is 7.33. The van der Waals surface area contributed by atoms with Crippen molar-refractivity contribution in [3.05, 3.63) is 36.7 Å². The first kappa shape index (κ1) is 14.9. The van der Waals surface area contributed by atoms with Crippen molar-refractivity contribution in [1.29, 1.82) is 0 Å². The number of carbonyl (C=O) groups is 1. The van der Waals surface area contributed by atoms with Crippen molar-refractivity contribution in [2.24, 2.45) is 7.05 Å². The Labute approximate surface area is 123 Å². The molecule has 0 radical (unpaired) electrons. The normalized spacial score (nSPS) is 10.2. The predicted octanol–water partition coefficient (Wildman–Crippen LogP) is 2.21. The van der Waals surface area contributed by atoms with E-state index in [4.69, 9.17) is 9.47 Å². The number of alkyl carbamates (subject to hydrolysis) is 1. The molecular weight excluding hydrogens is 270 g/mol. The highest BCUT2D eigenvalue weighted by Gasteiger charge is 2.03. The summed E-state index contributed by atoms with van der Waals surface area (Å²) in [5.74, 6) is 0.752. The van der Waals surface area contributed by atoms with Crippen molar-refractivity contribution in [3.8, 4) is 16.9 Å². The Morgan fingerprint density at radius 3 is 2.95 bits per heavy atom. The lowest BCUT2D eigenvalue weighted by Crippen LogP contribution is -2.28. The van der Waals surface area contributed by atoms with Gasteiger partial charge in [0.15, 0.2) is 0 Å². The van der Waals surface area contributed by atoms with Crippen LogP contribution >= 0.6 is 0 Å². The first-order valence-electron chi connectivity index (χ1n) is 6.81. The average molecular weight is 289 g/mol. The molecular formula is C15H19N3O3. The van der Waals surface area contributed by atoms with Gasteiger partial charge in [-0.2, -0.15) is 5.10 Å². The number of nitrogens with zero attached hydrogens (tertiary/aromatic N) is 2. The molecule has 0 fully saturated rings. The molecule has 1 amide bonds. The molecule has 0 unspecified atom stereocenters. The molecule has 0 bridgehead atoms. The summed E-state index contributed by atoms with van der Waals surface area (Å²) in [5.41, 5.74) is 2.08. The first-order valence-corrected chi connectivity index (χ1v) is 6.81. The van der Waals surface area contributed by atoms with Crippen LogP contribution in [0.3, 0.4) is 0 Å². The molecule has 112 valence electrons. The van der Waals surface area contributed by atoms with Crippen molar-refractivity contribution < 1.29 is 14.3 Å². The van der Waals surface area contributed by atoms with Gasteiger partial charge in [-0.1, -0.05) is 12.1 Å². The van der Waals surface area contributed by atoms with Crippen LogP contribution in [0.25, 0.3) is 11.1 Å². The lowest BCUT2D eigenvalue weighted by Gasteiger charge is -2.08. The summed E-state index contributed by atoms with van der Waals surface area (Å²) in [6.45, 7) is 2.91. The van der Waals surface area contributed by atoms with Gasteiger partial charge in [-0.25, -0.2) is 4.79 Å². The van der Waals surface area contributed by atoms with E-state index in [0.29, 0.717) is 19.8 Å². The van der Waals surface area contributed by atoms with E-state index in [2.05, 4.69) is 10.4 Å². The molecule has 0 aliphatic rings. The standard InChI is InChI=1S/C15H19N3O3/c1-3-20-15(19)16-7-8-21-14-6-4-5-12(9-14)13-10-17-18(2)11-13/h4-6,9-11H,3,7-8H2,1-2H3,(H,16,19). The molecule has 2 rings (SSSR count). The molecule has 0 saturated carbocycles. The minimum absolute atomic E-state index is 0.361. The molecule has 0 aliphatic heterocycles. The summed E-state index contributed by atoms with van der Waals surface area (Å²) in [6.07, 6.45) is 3.33. The number of ether oxygens (including phenoxy) is 2. The maximum atomic E-state index is 11.1. The number of aryl methyl sites for hydroxylation is 1. The van der Waals surface area contributed by atoms with E-state index >= 15 is 0 Å². The van der Waals surface area contributed by atoms with E-state index in [1.54, 1.807) is 17.8 Å². The minimum atomic E-state index is -0.426. The van der Waals surface area contributed by atoms with Gasteiger partial charge in [0.05, 0.1) is 19.3 Å². The quantitative estimate of drug-likeness (QED) is 0.828. The molecule has 1 aromatic heterocycles. The predicted molar refractivity (Wildman–Crippen MR) is 79.2 cm³/mol. The fourth-order valence-electron chi connectivity index (χ4n) is 1.84. The fraction of sp³-hybridized carbons (Fsp3) is 0.333. The van der Waals surface area contributed by atoms with Crippen LogP contribution in [0.2, 0.25) is 0 Å². The average Bonchev–Trinajstić information content (AvgIpc) is 2.91. The third-order valence-corrected chi connectivity index (χ3v) is 2.79. The zero-order valence-electron chi connectivity index (χ0n) is 12.2. The van der Waals surface area contributed by atoms with Crippen molar-refractivity contribution in [3.63, 3.8) is 0 Å². The zero-order valence-corrected chi connectivity index (χ0v) is 12.2. The van der Waals surface area contributed by atoms with Gasteiger partial charge in [-0.3, -0.25) is 4.68 Å². The number of nitrogens with one attached hydrogen (secondary N) is 1. The van der Waals surface area contributed by atoms with Crippen LogP contribution < -0.4 is 10.1 Å². The lowest BCUT2D eigenvalue weighted by atomic mass is 10.1. The topological polar surface area (TPSA) is 65.4 Å². The highest BCUT2D eigenvalue weighted by molar-refractivity contribution is 5.67. The molecule has 0 spiro atoms. The summed E-state index contributed by atoms with van der Waals surface area (Å²) >= 11 is 0. The molecule has 1 aromatic carbocycles. The molecule has 1 heterocycles. The van der Waals surface area contributed by atoms with Gasteiger partial charge in [-0.05, 0) is 24.6 Å². The SMILES string of the molecule is CCOC(=O)NCCOc1cccc(-c2cnn(C)c2)c1. The number of rotatable bonds is 6. The van der Waals surface area contributed by atoms with Crippen LogP contribution in [-0.2, 0) is 11.8 Å². The number of carbonyl (C=O) groups excluding carboxylic acids is 1. The van der Waals surface area contributed by atoms with E-state index in [1.807, 2.05) is 37.5 Å². The molecule has 0 saturated heterocycles. The van der Waals surface area contributed by atoms with Crippen LogP contribution in [0.15, 0.2) is 36.7 Å². The van der Waals surface area contributed by atoms with Gasteiger partial charge in [0, 0.05) is 18.8 Å². The van der Waals surface area contributed by atoms with Gasteiger partial charge in [0.2, 0.25) is 0 Å². The lowest BCUT2D eigenvalue weighted by molar-refractivity contribution is 0.150. The molecule has 6 nitrogen and oxygen atoms in total. The summed E-state index contributed by atoms with van der Waals surface area (Å²) in [6, 6.07) is 7.75. The van der Waals surface area contributed by atoms with Gasteiger partial charge >= 0.3 is 6.09 Å². The van der Waals surface area contributed by atoms with E-state index in [9.17, 15) is 4.79 Å². The van der Waals surface area contributed by atoms with Crippen molar-refractivity contribution in [2.45, 2.75) is 6.92 Å². The van der Waals surface area contributed by atoms with Crippen LogP contribution in [0, 0.1) is 0 Å². The maximum absolute atomic E-state index is 11.1. The second-order valence-electron chi connectivity index (χ2n) is 4.43. The Hall–Kier alpha value is -2.50. The number of aromatic nitrogens is 2. The molecule has 1 N–H and O–H groups in total. The van der Waals surface area contributed by atoms with Crippen LogP contribution in [0.5, 0.6) is 5.75 Å². The zero-order chi connectivity index (χ0) is 15.1. The van der Waals surface area contributed by atoms with Crippen LogP contribution in [0.1, 0.15) is 6.92 Å². The summed E-state index contributed by atoms with van der Waals surface area (Å²) < 4.78 is 12.1. The Morgan fingerprint density at radius 1 is 1.38 bits per heavy atom. The molecule has 6 heteroatoms. The van der Waals surface area contributed by atoms with Crippen LogP contribution in [0.4, 0.5) is 4.79 Å². The van der Waals surface area contributed by atoms with Gasteiger partial charge < -0.3 is 14.8 Å². The Bertz CT molecular complexity index is 595. The monoisotopic (exact) mass is 289 g/mol. The van der Waals surface area contributed by atoms with E-state index in [0.717, 1.165) is 16.9 Å². The molecule has 21 heavy (non-hydrogen) atoms. The van der Waals surface area contributed by atoms with Gasteiger partial charge in [0.1, 0.15) is 12.4 Å². The highest BCUT2D eigenvalue weighted by atomic mass is 16.5. The Balaban J connectivity index is 1.86. The number of amides is 1. The number of benzene rings is 1. The Morgan fingerprint density at radius 2 is 2.24 bits per heavy atom. The molecule has 2 aromatic rings. The summed E-state index contributed by atoms with van der Waals surface area (Å²) in [5, 5.41) is 6.75.